The molecule has 0 amide bonds. The van der Waals surface area contributed by atoms with Gasteiger partial charge in [0.1, 0.15) is 0 Å². The van der Waals surface area contributed by atoms with E-state index in [0.29, 0.717) is 5.92 Å². The van der Waals surface area contributed by atoms with Crippen molar-refractivity contribution in [3.05, 3.63) is 34.9 Å². The quantitative estimate of drug-likeness (QED) is 0.513. The van der Waals surface area contributed by atoms with Crippen LogP contribution in [0, 0.1) is 5.92 Å². The molecule has 0 aromatic heterocycles. The molecule has 1 rings (SSSR count). The van der Waals surface area contributed by atoms with Crippen molar-refractivity contribution in [1.82, 2.24) is 0 Å². The molecule has 0 aliphatic heterocycles. The van der Waals surface area contributed by atoms with Gasteiger partial charge in [-0.15, -0.1) is 0 Å². The molecular weight excluding hydrogens is 144 g/mol. The maximum atomic E-state index is 2.32. The Hall–Kier alpha value is -0.780. The molecule has 1 aliphatic rings. The van der Waals surface area contributed by atoms with Gasteiger partial charge in [-0.1, -0.05) is 34.9 Å². The highest BCUT2D eigenvalue weighted by Gasteiger charge is 2.11. The maximum absolute atomic E-state index is 2.32. The molecule has 1 atom stereocenters. The van der Waals surface area contributed by atoms with Crippen LogP contribution < -0.4 is 0 Å². The Labute approximate surface area is 75.7 Å². The second-order valence-corrected chi connectivity index (χ2v) is 3.67. The normalized spacial score (nSPS) is 25.0. The topological polar surface area (TPSA) is 0 Å². The monoisotopic (exact) mass is 162 g/mol. The lowest BCUT2D eigenvalue weighted by atomic mass is 9.86. The van der Waals surface area contributed by atoms with Crippen LogP contribution in [0.1, 0.15) is 34.1 Å². The Morgan fingerprint density at radius 3 is 2.67 bits per heavy atom. The molecule has 0 heterocycles. The van der Waals surface area contributed by atoms with Crippen molar-refractivity contribution < 1.29 is 0 Å². The van der Waals surface area contributed by atoms with Gasteiger partial charge in [0.15, 0.2) is 0 Å². The fraction of sp³-hybridized carbons (Fsp3) is 0.500. The summed E-state index contributed by atoms with van der Waals surface area (Å²) in [5.74, 6) is 0.652. The highest BCUT2D eigenvalue weighted by atomic mass is 14.2. The Kier molecular flexibility index (Phi) is 2.91. The van der Waals surface area contributed by atoms with E-state index in [-0.39, 0.29) is 0 Å². The van der Waals surface area contributed by atoms with Gasteiger partial charge in [0.2, 0.25) is 0 Å². The molecule has 0 nitrogen and oxygen atoms in total. The smallest absolute Gasteiger partial charge is 0.00143 e. The average molecular weight is 162 g/mol. The largest absolute Gasteiger partial charge is 0.0881 e. The molecule has 1 aliphatic carbocycles. The predicted octanol–water partition coefficient (Wildman–Crippen LogP) is 3.87. The molecule has 66 valence electrons. The lowest BCUT2D eigenvalue weighted by Gasteiger charge is -2.19. The molecule has 0 N–H and O–H groups in total. The summed E-state index contributed by atoms with van der Waals surface area (Å²) in [6.45, 7) is 8.74. The zero-order valence-corrected chi connectivity index (χ0v) is 8.52. The van der Waals surface area contributed by atoms with Crippen molar-refractivity contribution in [2.75, 3.05) is 0 Å². The Morgan fingerprint density at radius 2 is 2.17 bits per heavy atom. The first-order chi connectivity index (χ1) is 5.65. The summed E-state index contributed by atoms with van der Waals surface area (Å²) in [5, 5.41) is 0. The summed E-state index contributed by atoms with van der Waals surface area (Å²) in [7, 11) is 0. The summed E-state index contributed by atoms with van der Waals surface area (Å²) in [6, 6.07) is 0. The summed E-state index contributed by atoms with van der Waals surface area (Å²) < 4.78 is 0. The maximum Gasteiger partial charge on any atom is 0.00143 e. The van der Waals surface area contributed by atoms with Crippen molar-refractivity contribution in [1.29, 1.82) is 0 Å². The van der Waals surface area contributed by atoms with E-state index in [1.807, 2.05) is 0 Å². The van der Waals surface area contributed by atoms with E-state index in [1.54, 1.807) is 0 Å². The Bertz CT molecular complexity index is 251. The number of rotatable bonds is 1. The summed E-state index contributed by atoms with van der Waals surface area (Å²) in [6.07, 6.45) is 7.98. The molecule has 0 aromatic carbocycles. The highest BCUT2D eigenvalue weighted by Crippen LogP contribution is 2.27. The first kappa shape index (κ1) is 9.31. The van der Waals surface area contributed by atoms with Crippen LogP contribution in [0.3, 0.4) is 0 Å². The fourth-order valence-electron chi connectivity index (χ4n) is 1.49. The summed E-state index contributed by atoms with van der Waals surface area (Å²) >= 11 is 0. The minimum atomic E-state index is 0.652. The molecule has 0 aromatic rings. The number of hydrogen-bond acceptors (Lipinski definition) is 0. The van der Waals surface area contributed by atoms with Gasteiger partial charge in [0.25, 0.3) is 0 Å². The minimum Gasteiger partial charge on any atom is -0.0881 e. The van der Waals surface area contributed by atoms with E-state index >= 15 is 0 Å². The first-order valence-corrected chi connectivity index (χ1v) is 4.62. The van der Waals surface area contributed by atoms with Gasteiger partial charge in [-0.3, -0.25) is 0 Å². The SMILES string of the molecule is CC=C(C)C1C=CC(C)=C(C)C1. The van der Waals surface area contributed by atoms with Crippen LogP contribution in [-0.4, -0.2) is 0 Å². The van der Waals surface area contributed by atoms with Crippen molar-refractivity contribution in [3.8, 4) is 0 Å². The number of allylic oxidation sites excluding steroid dienone is 6. The third kappa shape index (κ3) is 1.88. The van der Waals surface area contributed by atoms with Crippen LogP contribution in [-0.2, 0) is 0 Å². The van der Waals surface area contributed by atoms with Crippen molar-refractivity contribution >= 4 is 0 Å². The van der Waals surface area contributed by atoms with Crippen LogP contribution in [0.5, 0.6) is 0 Å². The predicted molar refractivity (Wildman–Crippen MR) is 55.1 cm³/mol. The molecule has 0 heteroatoms. The third-order valence-corrected chi connectivity index (χ3v) is 2.82. The van der Waals surface area contributed by atoms with E-state index in [2.05, 4.69) is 45.9 Å². The zero-order valence-electron chi connectivity index (χ0n) is 8.52. The van der Waals surface area contributed by atoms with Crippen LogP contribution in [0.15, 0.2) is 34.9 Å². The second kappa shape index (κ2) is 3.75. The van der Waals surface area contributed by atoms with E-state index in [9.17, 15) is 0 Å². The van der Waals surface area contributed by atoms with Gasteiger partial charge in [0.05, 0.1) is 0 Å². The van der Waals surface area contributed by atoms with Crippen LogP contribution >= 0.6 is 0 Å². The summed E-state index contributed by atoms with van der Waals surface area (Å²) in [4.78, 5) is 0. The Balaban J connectivity index is 2.75. The van der Waals surface area contributed by atoms with Gasteiger partial charge < -0.3 is 0 Å². The first-order valence-electron chi connectivity index (χ1n) is 4.62. The van der Waals surface area contributed by atoms with E-state index in [0.717, 1.165) is 0 Å². The molecule has 0 saturated heterocycles. The molecule has 0 spiro atoms. The number of hydrogen-bond donors (Lipinski definition) is 0. The van der Waals surface area contributed by atoms with Gasteiger partial charge in [-0.2, -0.15) is 0 Å². The van der Waals surface area contributed by atoms with Crippen molar-refractivity contribution in [2.24, 2.45) is 5.92 Å². The lowest BCUT2D eigenvalue weighted by Crippen LogP contribution is -2.04. The molecule has 1 unspecified atom stereocenters. The molecule has 12 heavy (non-hydrogen) atoms. The Morgan fingerprint density at radius 1 is 1.50 bits per heavy atom. The van der Waals surface area contributed by atoms with Crippen molar-refractivity contribution in [3.63, 3.8) is 0 Å². The molecule has 0 saturated carbocycles. The fourth-order valence-corrected chi connectivity index (χ4v) is 1.49. The molecular formula is C12H18. The van der Waals surface area contributed by atoms with Crippen LogP contribution in [0.4, 0.5) is 0 Å². The lowest BCUT2D eigenvalue weighted by molar-refractivity contribution is 0.726. The van der Waals surface area contributed by atoms with Crippen molar-refractivity contribution in [2.45, 2.75) is 34.1 Å². The van der Waals surface area contributed by atoms with E-state index in [1.165, 1.54) is 23.1 Å². The molecule has 0 radical (unpaired) electrons. The molecule has 0 bridgehead atoms. The summed E-state index contributed by atoms with van der Waals surface area (Å²) in [5.41, 5.74) is 4.46. The van der Waals surface area contributed by atoms with Crippen LogP contribution in [0.2, 0.25) is 0 Å². The molecule has 0 fully saturated rings. The second-order valence-electron chi connectivity index (χ2n) is 3.67. The zero-order chi connectivity index (χ0) is 9.14. The van der Waals surface area contributed by atoms with Gasteiger partial charge in [-0.05, 0) is 34.1 Å². The third-order valence-electron chi connectivity index (χ3n) is 2.82. The standard InChI is InChI=1S/C12H18/c1-5-9(2)12-7-6-10(3)11(4)8-12/h5-7,12H,8H2,1-4H3. The average Bonchev–Trinajstić information content (AvgIpc) is 2.08. The van der Waals surface area contributed by atoms with Gasteiger partial charge in [0, 0.05) is 5.92 Å². The minimum absolute atomic E-state index is 0.652. The van der Waals surface area contributed by atoms with E-state index in [4.69, 9.17) is 0 Å². The van der Waals surface area contributed by atoms with Gasteiger partial charge >= 0.3 is 0 Å². The van der Waals surface area contributed by atoms with E-state index < -0.39 is 0 Å². The highest BCUT2D eigenvalue weighted by molar-refractivity contribution is 5.31. The van der Waals surface area contributed by atoms with Gasteiger partial charge in [-0.25, -0.2) is 0 Å². The van der Waals surface area contributed by atoms with Crippen LogP contribution in [0.25, 0.3) is 0 Å².